The molecule has 0 aliphatic rings. The van der Waals surface area contributed by atoms with E-state index in [-0.39, 0.29) is 29.4 Å². The minimum Gasteiger partial charge on any atom is -0.394 e. The maximum absolute atomic E-state index is 13.1. The first-order valence-electron chi connectivity index (χ1n) is 11.4. The van der Waals surface area contributed by atoms with E-state index in [9.17, 15) is 23.1 Å². The molecule has 1 heterocycles. The number of amides is 2. The van der Waals surface area contributed by atoms with E-state index in [0.717, 1.165) is 17.7 Å². The number of anilines is 1. The molecule has 0 aliphatic carbocycles. The number of aromatic nitrogens is 1. The molecule has 1 aromatic heterocycles. The minimum absolute atomic E-state index is 0.147. The van der Waals surface area contributed by atoms with E-state index in [1.807, 2.05) is 29.9 Å². The van der Waals surface area contributed by atoms with Gasteiger partial charge < -0.3 is 20.3 Å². The van der Waals surface area contributed by atoms with Crippen LogP contribution in [0, 0.1) is 13.8 Å². The van der Waals surface area contributed by atoms with Gasteiger partial charge in [0.05, 0.1) is 34.4 Å². The van der Waals surface area contributed by atoms with Gasteiger partial charge in [0.25, 0.3) is 11.8 Å². The van der Waals surface area contributed by atoms with Gasteiger partial charge in [-0.3, -0.25) is 9.59 Å². The van der Waals surface area contributed by atoms with Crippen LogP contribution in [0.25, 0.3) is 5.69 Å². The summed E-state index contributed by atoms with van der Waals surface area (Å²) in [5.41, 5.74) is 3.39. The first kappa shape index (κ1) is 27.5. The highest BCUT2D eigenvalue weighted by molar-refractivity contribution is 7.98. The zero-order valence-electron chi connectivity index (χ0n) is 20.7. The second-order valence-electron chi connectivity index (χ2n) is 8.52. The Morgan fingerprint density at radius 2 is 1.69 bits per heavy atom. The number of nitrogens with zero attached hydrogens (tertiary/aromatic N) is 1. The molecule has 192 valence electrons. The predicted molar refractivity (Wildman–Crippen MR) is 144 cm³/mol. The molecule has 0 fully saturated rings. The fourth-order valence-corrected chi connectivity index (χ4v) is 5.09. The van der Waals surface area contributed by atoms with Gasteiger partial charge in [-0.15, -0.1) is 0 Å². The Bertz CT molecular complexity index is 1350. The third-order valence-electron chi connectivity index (χ3n) is 5.83. The second kappa shape index (κ2) is 11.8. The van der Waals surface area contributed by atoms with Gasteiger partial charge in [-0.2, -0.15) is 11.8 Å². The van der Waals surface area contributed by atoms with Crippen LogP contribution >= 0.6 is 11.8 Å². The van der Waals surface area contributed by atoms with E-state index in [1.165, 1.54) is 12.1 Å². The number of aliphatic hydroxyl groups excluding tert-OH is 1. The Balaban J connectivity index is 1.88. The number of sulfone groups is 1. The number of aryl methyl sites for hydroxylation is 1. The van der Waals surface area contributed by atoms with Crippen LogP contribution in [0.5, 0.6) is 0 Å². The number of hydrogen-bond donors (Lipinski definition) is 3. The normalized spacial score (nSPS) is 12.2. The topological polar surface area (TPSA) is 118 Å². The molecule has 10 heteroatoms. The average molecular weight is 530 g/mol. The van der Waals surface area contributed by atoms with Crippen molar-refractivity contribution in [3.63, 3.8) is 0 Å². The molecule has 0 saturated carbocycles. The summed E-state index contributed by atoms with van der Waals surface area (Å²) in [6.07, 6.45) is 3.76. The monoisotopic (exact) mass is 529 g/mol. The molecule has 3 N–H and O–H groups in total. The van der Waals surface area contributed by atoms with Crippen LogP contribution in [0.1, 0.15) is 38.5 Å². The lowest BCUT2D eigenvalue weighted by Gasteiger charge is -2.19. The Labute approximate surface area is 216 Å². The highest BCUT2D eigenvalue weighted by Gasteiger charge is 2.22. The molecule has 0 spiro atoms. The Kier molecular flexibility index (Phi) is 8.99. The van der Waals surface area contributed by atoms with Crippen LogP contribution in [0.2, 0.25) is 0 Å². The number of benzene rings is 2. The lowest BCUT2D eigenvalue weighted by Crippen LogP contribution is -2.38. The summed E-state index contributed by atoms with van der Waals surface area (Å²) in [5, 5.41) is 15.4. The first-order valence-corrected chi connectivity index (χ1v) is 14.7. The predicted octanol–water partition coefficient (Wildman–Crippen LogP) is 3.59. The quantitative estimate of drug-likeness (QED) is 0.370. The van der Waals surface area contributed by atoms with Crippen molar-refractivity contribution in [2.24, 2.45) is 0 Å². The first-order chi connectivity index (χ1) is 17.1. The van der Waals surface area contributed by atoms with E-state index >= 15 is 0 Å². The molecule has 0 unspecified atom stereocenters. The van der Waals surface area contributed by atoms with Gasteiger partial charge in [0.2, 0.25) is 0 Å². The summed E-state index contributed by atoms with van der Waals surface area (Å²) in [7, 11) is -3.33. The zero-order valence-corrected chi connectivity index (χ0v) is 22.4. The van der Waals surface area contributed by atoms with E-state index in [1.54, 1.807) is 49.0 Å². The van der Waals surface area contributed by atoms with Gasteiger partial charge in [0, 0.05) is 23.3 Å². The van der Waals surface area contributed by atoms with Crippen molar-refractivity contribution in [1.82, 2.24) is 9.88 Å². The molecule has 8 nitrogen and oxygen atoms in total. The van der Waals surface area contributed by atoms with E-state index in [4.69, 9.17) is 0 Å². The van der Waals surface area contributed by atoms with Crippen molar-refractivity contribution in [3.8, 4) is 5.69 Å². The number of carbonyl (C=O) groups is 2. The molecule has 36 heavy (non-hydrogen) atoms. The Morgan fingerprint density at radius 1 is 1.03 bits per heavy atom. The highest BCUT2D eigenvalue weighted by Crippen LogP contribution is 2.25. The lowest BCUT2D eigenvalue weighted by molar-refractivity contribution is 0.0915. The molecule has 0 bridgehead atoms. The van der Waals surface area contributed by atoms with Crippen molar-refractivity contribution in [2.45, 2.75) is 31.2 Å². The minimum atomic E-state index is -3.33. The number of hydrogen-bond acceptors (Lipinski definition) is 6. The molecule has 3 rings (SSSR count). The summed E-state index contributed by atoms with van der Waals surface area (Å²) >= 11 is 1.65. The van der Waals surface area contributed by atoms with Crippen molar-refractivity contribution in [1.29, 1.82) is 0 Å². The maximum atomic E-state index is 13.1. The number of para-hydroxylation sites is 1. The van der Waals surface area contributed by atoms with Crippen molar-refractivity contribution >= 4 is 39.1 Å². The average Bonchev–Trinajstić information content (AvgIpc) is 3.15. The van der Waals surface area contributed by atoms with Crippen molar-refractivity contribution < 1.29 is 23.1 Å². The Morgan fingerprint density at radius 3 is 2.31 bits per heavy atom. The lowest BCUT2D eigenvalue weighted by atomic mass is 10.1. The van der Waals surface area contributed by atoms with E-state index in [2.05, 4.69) is 10.6 Å². The molecular weight excluding hydrogens is 498 g/mol. The maximum Gasteiger partial charge on any atom is 0.257 e. The van der Waals surface area contributed by atoms with Crippen LogP contribution in [0.4, 0.5) is 5.69 Å². The van der Waals surface area contributed by atoms with Gasteiger partial charge in [0.1, 0.15) is 0 Å². The number of aliphatic hydroxyl groups is 1. The summed E-state index contributed by atoms with van der Waals surface area (Å²) in [6, 6.07) is 14.5. The van der Waals surface area contributed by atoms with Gasteiger partial charge in [-0.25, -0.2) is 8.42 Å². The molecule has 2 amide bonds. The third-order valence-corrected chi connectivity index (χ3v) is 7.60. The number of nitrogens with one attached hydrogen (secondary N) is 2. The van der Waals surface area contributed by atoms with Crippen LogP contribution in [-0.4, -0.2) is 60.8 Å². The SMILES string of the molecule is CSCC[C@@H](CO)NC(=O)c1ccccc1-n1c(C)cc(C(=O)Nc2ccc(S(C)(=O)=O)cc2)c1C. The number of rotatable bonds is 10. The van der Waals surface area contributed by atoms with E-state index in [0.29, 0.717) is 34.6 Å². The van der Waals surface area contributed by atoms with Crippen LogP contribution in [0.3, 0.4) is 0 Å². The molecule has 0 saturated heterocycles. The summed E-state index contributed by atoms with van der Waals surface area (Å²) < 4.78 is 25.2. The van der Waals surface area contributed by atoms with Crippen molar-refractivity contribution in [3.05, 3.63) is 77.1 Å². The van der Waals surface area contributed by atoms with E-state index < -0.39 is 9.84 Å². The fourth-order valence-electron chi connectivity index (χ4n) is 3.94. The number of thioether (sulfide) groups is 1. The number of carbonyl (C=O) groups excluding carboxylic acids is 2. The molecule has 2 aromatic carbocycles. The van der Waals surface area contributed by atoms with Gasteiger partial charge >= 0.3 is 0 Å². The van der Waals surface area contributed by atoms with Gasteiger partial charge in [-0.1, -0.05) is 12.1 Å². The molecule has 3 aromatic rings. The largest absolute Gasteiger partial charge is 0.394 e. The second-order valence-corrected chi connectivity index (χ2v) is 11.5. The molecule has 1 atom stereocenters. The highest BCUT2D eigenvalue weighted by atomic mass is 32.2. The van der Waals surface area contributed by atoms with Gasteiger partial charge in [-0.05, 0) is 74.7 Å². The standard InChI is InChI=1S/C26H31N3O5S2/c1-17-15-23(26(32)27-19-9-11-21(12-10-19)36(4,33)34)18(2)29(17)24-8-6-5-7-22(24)25(31)28-20(16-30)13-14-35-3/h5-12,15,20,30H,13-14,16H2,1-4H3,(H,27,32)(H,28,31)/t20-/m0/s1. The fraction of sp³-hybridized carbons (Fsp3) is 0.308. The third kappa shape index (κ3) is 6.37. The smallest absolute Gasteiger partial charge is 0.257 e. The zero-order chi connectivity index (χ0) is 26.5. The molecular formula is C26H31N3O5S2. The summed E-state index contributed by atoms with van der Waals surface area (Å²) in [5.74, 6) is 0.175. The van der Waals surface area contributed by atoms with Gasteiger partial charge in [0.15, 0.2) is 9.84 Å². The molecule has 0 aliphatic heterocycles. The van der Waals surface area contributed by atoms with Crippen molar-refractivity contribution in [2.75, 3.05) is 30.2 Å². The van der Waals surface area contributed by atoms with Crippen LogP contribution in [-0.2, 0) is 9.84 Å². The van der Waals surface area contributed by atoms with Crippen LogP contribution in [0.15, 0.2) is 59.5 Å². The summed E-state index contributed by atoms with van der Waals surface area (Å²) in [4.78, 5) is 26.3. The molecule has 0 radical (unpaired) electrons. The van der Waals surface area contributed by atoms with Crippen LogP contribution < -0.4 is 10.6 Å². The summed E-state index contributed by atoms with van der Waals surface area (Å²) in [6.45, 7) is 3.51. The Hall–Kier alpha value is -3.08.